The van der Waals surface area contributed by atoms with Gasteiger partial charge in [0.2, 0.25) is 6.23 Å². The molecule has 5 rings (SSSR count). The van der Waals surface area contributed by atoms with Crippen molar-refractivity contribution in [2.45, 2.75) is 18.7 Å². The van der Waals surface area contributed by atoms with Crippen LogP contribution in [-0.4, -0.2) is 10.7 Å². The van der Waals surface area contributed by atoms with Crippen LogP contribution in [0.25, 0.3) is 0 Å². The summed E-state index contributed by atoms with van der Waals surface area (Å²) in [6, 6.07) is 22.2. The number of hydrazone groups is 1. The fourth-order valence-corrected chi connectivity index (χ4v) is 3.96. The fraction of sp³-hybridized carbons (Fsp3) is 0.136. The second-order valence-corrected chi connectivity index (χ2v) is 7.09. The maximum absolute atomic E-state index is 13.3. The quantitative estimate of drug-likeness (QED) is 0.569. The van der Waals surface area contributed by atoms with Crippen molar-refractivity contribution in [3.05, 3.63) is 100 Å². The number of fused-ring (bicyclic) bond motifs is 3. The van der Waals surface area contributed by atoms with Gasteiger partial charge >= 0.3 is 0 Å². The summed E-state index contributed by atoms with van der Waals surface area (Å²) < 4.78 is 19.6. The maximum atomic E-state index is 13.3. The monoisotopic (exact) mass is 378 g/mol. The molecular formula is C22H16ClFN2O. The molecule has 3 aromatic rings. The molecule has 2 heterocycles. The number of benzene rings is 3. The lowest BCUT2D eigenvalue weighted by Crippen LogP contribution is -2.33. The number of rotatable bonds is 2. The zero-order valence-electron chi connectivity index (χ0n) is 14.3. The largest absolute Gasteiger partial charge is 0.464 e. The van der Waals surface area contributed by atoms with Gasteiger partial charge in [0.1, 0.15) is 11.6 Å². The van der Waals surface area contributed by atoms with Crippen molar-refractivity contribution < 1.29 is 9.13 Å². The molecular weight excluding hydrogens is 363 g/mol. The van der Waals surface area contributed by atoms with E-state index in [1.54, 1.807) is 12.1 Å². The first-order valence-electron chi connectivity index (χ1n) is 8.82. The number of nitrogens with zero attached hydrogens (tertiary/aromatic N) is 2. The zero-order valence-corrected chi connectivity index (χ0v) is 15.1. The van der Waals surface area contributed by atoms with Crippen LogP contribution in [0.15, 0.2) is 77.9 Å². The summed E-state index contributed by atoms with van der Waals surface area (Å²) in [5, 5.41) is 7.47. The Hall–Kier alpha value is -2.85. The molecule has 3 aromatic carbocycles. The Morgan fingerprint density at radius 3 is 2.41 bits per heavy atom. The van der Waals surface area contributed by atoms with Crippen LogP contribution >= 0.6 is 11.6 Å². The van der Waals surface area contributed by atoms with Crippen LogP contribution in [0.5, 0.6) is 5.75 Å². The van der Waals surface area contributed by atoms with Gasteiger partial charge in [0.15, 0.2) is 0 Å². The molecule has 0 fully saturated rings. The minimum absolute atomic E-state index is 0.0521. The average Bonchev–Trinajstić information content (AvgIpc) is 3.14. The highest BCUT2D eigenvalue weighted by Gasteiger charge is 2.41. The first-order valence-corrected chi connectivity index (χ1v) is 9.20. The summed E-state index contributed by atoms with van der Waals surface area (Å²) in [6.07, 6.45) is 0.323. The van der Waals surface area contributed by atoms with Crippen LogP contribution < -0.4 is 4.74 Å². The van der Waals surface area contributed by atoms with Crippen molar-refractivity contribution >= 4 is 17.3 Å². The number of hydrogen-bond donors (Lipinski definition) is 0. The molecule has 2 aliphatic rings. The molecule has 0 N–H and O–H groups in total. The van der Waals surface area contributed by atoms with Crippen LogP contribution in [0.1, 0.15) is 35.4 Å². The van der Waals surface area contributed by atoms with Crippen LogP contribution in [0.2, 0.25) is 5.02 Å². The van der Waals surface area contributed by atoms with Crippen molar-refractivity contribution in [3.8, 4) is 5.75 Å². The number of para-hydroxylation sites is 1. The Balaban J connectivity index is 1.61. The molecule has 27 heavy (non-hydrogen) atoms. The van der Waals surface area contributed by atoms with E-state index >= 15 is 0 Å². The van der Waals surface area contributed by atoms with Gasteiger partial charge in [0.25, 0.3) is 0 Å². The van der Waals surface area contributed by atoms with Crippen molar-refractivity contribution in [1.29, 1.82) is 0 Å². The van der Waals surface area contributed by atoms with E-state index in [4.69, 9.17) is 21.4 Å². The van der Waals surface area contributed by atoms with Gasteiger partial charge < -0.3 is 4.74 Å². The van der Waals surface area contributed by atoms with Crippen molar-refractivity contribution in [2.75, 3.05) is 0 Å². The Bertz CT molecular complexity index is 1030. The molecule has 0 saturated carbocycles. The number of halogens is 2. The molecule has 0 radical (unpaired) electrons. The highest BCUT2D eigenvalue weighted by Crippen LogP contribution is 2.48. The molecule has 0 spiro atoms. The molecule has 0 saturated heterocycles. The minimum Gasteiger partial charge on any atom is -0.464 e. The van der Waals surface area contributed by atoms with E-state index in [2.05, 4.69) is 6.07 Å². The van der Waals surface area contributed by atoms with E-state index in [9.17, 15) is 4.39 Å². The van der Waals surface area contributed by atoms with Gasteiger partial charge in [-0.15, -0.1) is 0 Å². The van der Waals surface area contributed by atoms with E-state index in [0.717, 1.165) is 34.6 Å². The molecule has 0 unspecified atom stereocenters. The molecule has 0 bridgehead atoms. The molecule has 134 valence electrons. The topological polar surface area (TPSA) is 24.8 Å². The summed E-state index contributed by atoms with van der Waals surface area (Å²) in [4.78, 5) is 0. The number of hydrogen-bond acceptors (Lipinski definition) is 3. The van der Waals surface area contributed by atoms with Crippen LogP contribution in [0.3, 0.4) is 0 Å². The Morgan fingerprint density at radius 2 is 1.63 bits per heavy atom. The Kier molecular flexibility index (Phi) is 3.87. The van der Waals surface area contributed by atoms with E-state index in [0.29, 0.717) is 5.02 Å². The highest BCUT2D eigenvalue weighted by atomic mass is 35.5. The third-order valence-electron chi connectivity index (χ3n) is 5.05. The minimum atomic E-state index is -0.406. The first-order chi connectivity index (χ1) is 13.2. The van der Waals surface area contributed by atoms with Gasteiger partial charge in [-0.1, -0.05) is 60.1 Å². The van der Waals surface area contributed by atoms with Gasteiger partial charge in [-0.2, -0.15) is 5.10 Å². The maximum Gasteiger partial charge on any atom is 0.215 e. The van der Waals surface area contributed by atoms with E-state index in [1.807, 2.05) is 47.5 Å². The second-order valence-electron chi connectivity index (χ2n) is 6.68. The fourth-order valence-electron chi connectivity index (χ4n) is 3.73. The van der Waals surface area contributed by atoms with E-state index in [-0.39, 0.29) is 11.9 Å². The van der Waals surface area contributed by atoms with Crippen molar-refractivity contribution in [3.63, 3.8) is 0 Å². The summed E-state index contributed by atoms with van der Waals surface area (Å²) in [5.74, 6) is 0.594. The van der Waals surface area contributed by atoms with Crippen LogP contribution in [-0.2, 0) is 0 Å². The van der Waals surface area contributed by atoms with Crippen molar-refractivity contribution in [1.82, 2.24) is 5.01 Å². The Morgan fingerprint density at radius 1 is 0.926 bits per heavy atom. The predicted molar refractivity (Wildman–Crippen MR) is 103 cm³/mol. The second kappa shape index (κ2) is 6.39. The van der Waals surface area contributed by atoms with Crippen molar-refractivity contribution in [2.24, 2.45) is 5.10 Å². The summed E-state index contributed by atoms with van der Waals surface area (Å²) in [6.45, 7) is 0. The molecule has 5 heteroatoms. The lowest BCUT2D eigenvalue weighted by atomic mass is 9.96. The van der Waals surface area contributed by atoms with Gasteiger partial charge in [-0.05, 0) is 29.8 Å². The molecule has 0 aliphatic carbocycles. The van der Waals surface area contributed by atoms with Gasteiger partial charge in [0, 0.05) is 22.6 Å². The van der Waals surface area contributed by atoms with Crippen LogP contribution in [0.4, 0.5) is 4.39 Å². The standard InChI is InChI=1S/C22H16ClFN2O/c23-18-7-3-1-5-16(18)22-26-20(17-6-2-4-8-21(17)27-22)13-19(25-26)14-9-11-15(24)12-10-14/h1-12,20,22H,13H2/t20-,22+/m1/s1. The summed E-state index contributed by atoms with van der Waals surface area (Å²) in [5.41, 5.74) is 3.81. The molecule has 0 aromatic heterocycles. The first kappa shape index (κ1) is 16.3. The zero-order chi connectivity index (χ0) is 18.4. The summed E-state index contributed by atoms with van der Waals surface area (Å²) >= 11 is 6.45. The smallest absolute Gasteiger partial charge is 0.215 e. The van der Waals surface area contributed by atoms with E-state index in [1.165, 1.54) is 12.1 Å². The third-order valence-corrected chi connectivity index (χ3v) is 5.39. The van der Waals surface area contributed by atoms with Gasteiger partial charge in [-0.25, -0.2) is 9.40 Å². The molecule has 0 amide bonds. The lowest BCUT2D eigenvalue weighted by molar-refractivity contribution is -0.0189. The van der Waals surface area contributed by atoms with Gasteiger partial charge in [0.05, 0.1) is 11.8 Å². The molecule has 3 nitrogen and oxygen atoms in total. The predicted octanol–water partition coefficient (Wildman–Crippen LogP) is 5.72. The van der Waals surface area contributed by atoms with E-state index < -0.39 is 6.23 Å². The normalized spacial score (nSPS) is 20.5. The third kappa shape index (κ3) is 2.77. The Labute approximate surface area is 161 Å². The average molecular weight is 379 g/mol. The molecule has 2 aliphatic heterocycles. The van der Waals surface area contributed by atoms with Crippen LogP contribution in [0, 0.1) is 5.82 Å². The van der Waals surface area contributed by atoms with Gasteiger partial charge in [-0.3, -0.25) is 0 Å². The molecule has 2 atom stereocenters. The number of ether oxygens (including phenoxy) is 1. The SMILES string of the molecule is Fc1ccc(C2=NN3[C@H](C2)c2ccccc2O[C@H]3c2ccccc2Cl)cc1. The lowest BCUT2D eigenvalue weighted by Gasteiger charge is -2.38. The summed E-state index contributed by atoms with van der Waals surface area (Å²) in [7, 11) is 0. The highest BCUT2D eigenvalue weighted by molar-refractivity contribution is 6.31.